The van der Waals surface area contributed by atoms with Gasteiger partial charge in [-0.2, -0.15) is 5.10 Å². The van der Waals surface area contributed by atoms with Crippen molar-refractivity contribution < 1.29 is 19.4 Å². The van der Waals surface area contributed by atoms with Crippen LogP contribution in [0.3, 0.4) is 0 Å². The SMILES string of the molecule is CCOc1cc(C=NNC(=O)c2cc3ccccc3cc2O)cc(I)c1OCc1ccccc1. The first-order valence-corrected chi connectivity index (χ1v) is 11.8. The largest absolute Gasteiger partial charge is 0.507 e. The molecule has 0 bridgehead atoms. The minimum atomic E-state index is -0.498. The molecule has 2 N–H and O–H groups in total. The summed E-state index contributed by atoms with van der Waals surface area (Å²) in [5, 5.41) is 16.0. The molecule has 4 aromatic rings. The highest BCUT2D eigenvalue weighted by atomic mass is 127. The summed E-state index contributed by atoms with van der Waals surface area (Å²) in [5.41, 5.74) is 4.44. The third-order valence-corrected chi connectivity index (χ3v) is 5.85. The first kappa shape index (κ1) is 23.6. The van der Waals surface area contributed by atoms with Gasteiger partial charge in [-0.1, -0.05) is 54.6 Å². The zero-order valence-electron chi connectivity index (χ0n) is 18.5. The fourth-order valence-electron chi connectivity index (χ4n) is 3.43. The Hall–Kier alpha value is -3.59. The molecule has 0 aliphatic rings. The van der Waals surface area contributed by atoms with Crippen LogP contribution in [0.2, 0.25) is 0 Å². The van der Waals surface area contributed by atoms with Crippen LogP contribution in [-0.4, -0.2) is 23.8 Å². The number of phenolic OH excluding ortho intramolecular Hbond substituents is 1. The number of phenols is 1. The van der Waals surface area contributed by atoms with E-state index in [-0.39, 0.29) is 11.3 Å². The van der Waals surface area contributed by atoms with Gasteiger partial charge in [-0.15, -0.1) is 0 Å². The van der Waals surface area contributed by atoms with Crippen LogP contribution in [0.25, 0.3) is 10.8 Å². The molecule has 7 heteroatoms. The topological polar surface area (TPSA) is 80.2 Å². The zero-order chi connectivity index (χ0) is 23.9. The van der Waals surface area contributed by atoms with Crippen LogP contribution in [-0.2, 0) is 6.61 Å². The molecule has 0 heterocycles. The standard InChI is InChI=1S/C27H23IN2O4/c1-2-33-25-13-19(12-23(28)26(25)34-17-18-8-4-3-5-9-18)16-29-30-27(32)22-14-20-10-6-7-11-21(20)15-24(22)31/h3-16,31H,2,17H2,1H3,(H,30,32). The monoisotopic (exact) mass is 566 g/mol. The Morgan fingerprint density at radius 1 is 1.00 bits per heavy atom. The summed E-state index contributed by atoms with van der Waals surface area (Å²) >= 11 is 2.19. The lowest BCUT2D eigenvalue weighted by Crippen LogP contribution is -2.17. The number of halogens is 1. The molecular weight excluding hydrogens is 543 g/mol. The lowest BCUT2D eigenvalue weighted by Gasteiger charge is -2.14. The molecule has 1 amide bonds. The summed E-state index contributed by atoms with van der Waals surface area (Å²) in [5.74, 6) is 0.667. The average molecular weight is 566 g/mol. The number of ether oxygens (including phenoxy) is 2. The fourth-order valence-corrected chi connectivity index (χ4v) is 4.21. The number of fused-ring (bicyclic) bond motifs is 1. The van der Waals surface area contributed by atoms with Gasteiger partial charge in [-0.05, 0) is 75.7 Å². The van der Waals surface area contributed by atoms with Crippen LogP contribution in [0, 0.1) is 3.57 Å². The van der Waals surface area contributed by atoms with Crippen molar-refractivity contribution in [1.29, 1.82) is 0 Å². The molecule has 0 aromatic heterocycles. The van der Waals surface area contributed by atoms with Gasteiger partial charge in [-0.25, -0.2) is 5.43 Å². The Labute approximate surface area is 211 Å². The van der Waals surface area contributed by atoms with Crippen LogP contribution in [0.4, 0.5) is 0 Å². The molecule has 0 aliphatic carbocycles. The van der Waals surface area contributed by atoms with E-state index in [1.807, 2.05) is 73.7 Å². The van der Waals surface area contributed by atoms with E-state index in [0.717, 1.165) is 25.5 Å². The van der Waals surface area contributed by atoms with Gasteiger partial charge in [0.2, 0.25) is 0 Å². The lowest BCUT2D eigenvalue weighted by atomic mass is 10.1. The molecule has 0 unspecified atom stereocenters. The number of nitrogens with one attached hydrogen (secondary N) is 1. The maximum atomic E-state index is 12.6. The third-order valence-electron chi connectivity index (χ3n) is 5.05. The summed E-state index contributed by atoms with van der Waals surface area (Å²) in [6, 6.07) is 24.4. The predicted molar refractivity (Wildman–Crippen MR) is 142 cm³/mol. The van der Waals surface area contributed by atoms with Gasteiger partial charge >= 0.3 is 0 Å². The van der Waals surface area contributed by atoms with Crippen LogP contribution in [0.1, 0.15) is 28.4 Å². The molecular formula is C27H23IN2O4. The number of carbonyl (C=O) groups is 1. The summed E-state index contributed by atoms with van der Waals surface area (Å²) in [6.07, 6.45) is 1.53. The molecule has 4 aromatic carbocycles. The van der Waals surface area contributed by atoms with Gasteiger partial charge in [0, 0.05) is 0 Å². The summed E-state index contributed by atoms with van der Waals surface area (Å²) in [4.78, 5) is 12.6. The van der Waals surface area contributed by atoms with Crippen molar-refractivity contribution in [1.82, 2.24) is 5.43 Å². The first-order chi connectivity index (χ1) is 16.5. The Kier molecular flexibility index (Phi) is 7.64. The Morgan fingerprint density at radius 2 is 1.71 bits per heavy atom. The number of rotatable bonds is 8. The number of aromatic hydroxyl groups is 1. The second kappa shape index (κ2) is 11.0. The molecule has 0 atom stereocenters. The molecule has 0 aliphatic heterocycles. The van der Waals surface area contributed by atoms with Crippen molar-refractivity contribution >= 4 is 45.5 Å². The normalized spacial score (nSPS) is 11.0. The number of hydrazone groups is 1. The van der Waals surface area contributed by atoms with Crippen LogP contribution in [0.5, 0.6) is 17.2 Å². The highest BCUT2D eigenvalue weighted by Gasteiger charge is 2.14. The smallest absolute Gasteiger partial charge is 0.275 e. The molecule has 6 nitrogen and oxygen atoms in total. The number of hydrogen-bond donors (Lipinski definition) is 2. The highest BCUT2D eigenvalue weighted by Crippen LogP contribution is 2.34. The molecule has 172 valence electrons. The number of benzene rings is 4. The Morgan fingerprint density at radius 3 is 2.44 bits per heavy atom. The minimum absolute atomic E-state index is 0.0977. The van der Waals surface area contributed by atoms with Crippen molar-refractivity contribution in [2.24, 2.45) is 5.10 Å². The zero-order valence-corrected chi connectivity index (χ0v) is 20.7. The molecule has 0 saturated carbocycles. The van der Waals surface area contributed by atoms with Crippen molar-refractivity contribution in [3.8, 4) is 17.2 Å². The van der Waals surface area contributed by atoms with E-state index in [4.69, 9.17) is 9.47 Å². The molecule has 0 saturated heterocycles. The van der Waals surface area contributed by atoms with Gasteiger partial charge in [0.25, 0.3) is 5.91 Å². The Bertz CT molecular complexity index is 1340. The third kappa shape index (κ3) is 5.66. The second-order valence-electron chi connectivity index (χ2n) is 7.45. The molecule has 4 rings (SSSR count). The number of nitrogens with zero attached hydrogens (tertiary/aromatic N) is 1. The van der Waals surface area contributed by atoms with Gasteiger partial charge < -0.3 is 14.6 Å². The summed E-state index contributed by atoms with van der Waals surface area (Å²) < 4.78 is 12.7. The van der Waals surface area contributed by atoms with Crippen molar-refractivity contribution in [2.75, 3.05) is 6.61 Å². The van der Waals surface area contributed by atoms with Gasteiger partial charge in [0.15, 0.2) is 11.5 Å². The van der Waals surface area contributed by atoms with E-state index >= 15 is 0 Å². The average Bonchev–Trinajstić information content (AvgIpc) is 2.84. The van der Waals surface area contributed by atoms with E-state index in [0.29, 0.717) is 24.7 Å². The summed E-state index contributed by atoms with van der Waals surface area (Å²) in [6.45, 7) is 2.82. The second-order valence-corrected chi connectivity index (χ2v) is 8.62. The molecule has 0 fully saturated rings. The van der Waals surface area contributed by atoms with Gasteiger partial charge in [0.05, 0.1) is 22.0 Å². The fraction of sp³-hybridized carbons (Fsp3) is 0.111. The quantitative estimate of drug-likeness (QED) is 0.158. The first-order valence-electron chi connectivity index (χ1n) is 10.7. The van der Waals surface area contributed by atoms with Crippen LogP contribution < -0.4 is 14.9 Å². The van der Waals surface area contributed by atoms with Crippen molar-refractivity contribution in [2.45, 2.75) is 13.5 Å². The van der Waals surface area contributed by atoms with E-state index < -0.39 is 5.91 Å². The maximum Gasteiger partial charge on any atom is 0.275 e. The van der Waals surface area contributed by atoms with E-state index in [2.05, 4.69) is 33.1 Å². The number of amides is 1. The highest BCUT2D eigenvalue weighted by molar-refractivity contribution is 14.1. The molecule has 34 heavy (non-hydrogen) atoms. The number of carbonyl (C=O) groups excluding carboxylic acids is 1. The minimum Gasteiger partial charge on any atom is -0.507 e. The maximum absolute atomic E-state index is 12.6. The van der Waals surface area contributed by atoms with E-state index in [9.17, 15) is 9.90 Å². The van der Waals surface area contributed by atoms with Crippen molar-refractivity contribution in [3.05, 3.63) is 99.1 Å². The molecule has 0 spiro atoms. The van der Waals surface area contributed by atoms with E-state index in [1.54, 1.807) is 12.1 Å². The lowest BCUT2D eigenvalue weighted by molar-refractivity contribution is 0.0952. The molecule has 0 radical (unpaired) electrons. The number of hydrogen-bond acceptors (Lipinski definition) is 5. The van der Waals surface area contributed by atoms with Crippen LogP contribution in [0.15, 0.2) is 84.0 Å². The van der Waals surface area contributed by atoms with E-state index in [1.165, 1.54) is 6.21 Å². The summed E-state index contributed by atoms with van der Waals surface area (Å²) in [7, 11) is 0. The Balaban J connectivity index is 1.49. The predicted octanol–water partition coefficient (Wildman–Crippen LogP) is 5.89. The van der Waals surface area contributed by atoms with Gasteiger partial charge in [0.1, 0.15) is 12.4 Å². The van der Waals surface area contributed by atoms with Crippen LogP contribution >= 0.6 is 22.6 Å². The van der Waals surface area contributed by atoms with Crippen molar-refractivity contribution in [3.63, 3.8) is 0 Å². The van der Waals surface area contributed by atoms with Gasteiger partial charge in [-0.3, -0.25) is 4.79 Å².